The molecule has 5 nitrogen and oxygen atoms in total. The molecule has 0 aromatic carbocycles. The zero-order valence-corrected chi connectivity index (χ0v) is 18.3. The molecule has 4 rings (SSSR count). The second kappa shape index (κ2) is 8.80. The van der Waals surface area contributed by atoms with Crippen molar-refractivity contribution in [2.24, 2.45) is 17.3 Å². The van der Waals surface area contributed by atoms with Crippen LogP contribution >= 0.6 is 11.3 Å². The van der Waals surface area contributed by atoms with E-state index < -0.39 is 0 Å². The van der Waals surface area contributed by atoms with Gasteiger partial charge in [0.25, 0.3) is 0 Å². The second-order valence-electron chi connectivity index (χ2n) is 9.59. The third-order valence-electron chi connectivity index (χ3n) is 6.98. The van der Waals surface area contributed by atoms with Crippen LogP contribution in [0.25, 0.3) is 0 Å². The number of carbonyl (C=O) groups is 1. The van der Waals surface area contributed by atoms with Crippen LogP contribution in [0.3, 0.4) is 0 Å². The van der Waals surface area contributed by atoms with Gasteiger partial charge < -0.3 is 10.2 Å². The lowest BCUT2D eigenvalue weighted by molar-refractivity contribution is -0.123. The number of hydrogen-bond acceptors (Lipinski definition) is 5. The van der Waals surface area contributed by atoms with Crippen LogP contribution in [0.4, 0.5) is 0 Å². The molecule has 3 fully saturated rings. The summed E-state index contributed by atoms with van der Waals surface area (Å²) in [4.78, 5) is 22.2. The van der Waals surface area contributed by atoms with Crippen molar-refractivity contribution in [1.82, 2.24) is 20.1 Å². The maximum Gasteiger partial charge on any atom is 0.223 e. The standard InChI is InChI=1S/C22H36N4OS/c1-17(2)15-25-11-7-22(8-12-25)6-3-10-26(16-20-23-9-13-28-20)19(22)14-24-21(27)18-4-5-18/h9,13,17-19H,3-8,10-12,14-16H2,1-2H3,(H,24,27)/t19-/m1/s1. The van der Waals surface area contributed by atoms with Crippen molar-refractivity contribution in [2.75, 3.05) is 32.7 Å². The van der Waals surface area contributed by atoms with E-state index in [9.17, 15) is 4.79 Å². The van der Waals surface area contributed by atoms with Crippen LogP contribution in [0.5, 0.6) is 0 Å². The smallest absolute Gasteiger partial charge is 0.223 e. The van der Waals surface area contributed by atoms with Gasteiger partial charge in [-0.3, -0.25) is 9.69 Å². The number of rotatable bonds is 7. The first-order chi connectivity index (χ1) is 13.6. The highest BCUT2D eigenvalue weighted by atomic mass is 32.1. The molecular formula is C22H36N4OS. The lowest BCUT2D eigenvalue weighted by Gasteiger charge is -2.53. The Hall–Kier alpha value is -0.980. The van der Waals surface area contributed by atoms with E-state index in [4.69, 9.17) is 0 Å². The average molecular weight is 405 g/mol. The van der Waals surface area contributed by atoms with Gasteiger partial charge in [-0.2, -0.15) is 0 Å². The number of amides is 1. The van der Waals surface area contributed by atoms with Crippen molar-refractivity contribution in [3.8, 4) is 0 Å². The summed E-state index contributed by atoms with van der Waals surface area (Å²) in [5, 5.41) is 6.60. The van der Waals surface area contributed by atoms with Gasteiger partial charge in [0, 0.05) is 36.6 Å². The Bertz CT molecular complexity index is 635. The molecule has 1 amide bonds. The molecule has 2 saturated heterocycles. The van der Waals surface area contributed by atoms with Crippen molar-refractivity contribution in [1.29, 1.82) is 0 Å². The maximum absolute atomic E-state index is 12.4. The van der Waals surface area contributed by atoms with E-state index in [-0.39, 0.29) is 5.91 Å². The first-order valence-corrected chi connectivity index (χ1v) is 12.1. The Balaban J connectivity index is 1.46. The number of nitrogens with zero attached hydrogens (tertiary/aromatic N) is 3. The lowest BCUT2D eigenvalue weighted by atomic mass is 9.66. The molecule has 1 spiro atoms. The fraction of sp³-hybridized carbons (Fsp3) is 0.818. The summed E-state index contributed by atoms with van der Waals surface area (Å²) < 4.78 is 0. The SMILES string of the molecule is CC(C)CN1CCC2(CCCN(Cc3nccs3)[C@@H]2CNC(=O)C2CC2)CC1. The van der Waals surface area contributed by atoms with Gasteiger partial charge in [-0.25, -0.2) is 4.98 Å². The normalized spacial score (nSPS) is 26.0. The molecular weight excluding hydrogens is 368 g/mol. The summed E-state index contributed by atoms with van der Waals surface area (Å²) >= 11 is 1.75. The second-order valence-corrected chi connectivity index (χ2v) is 10.6. The molecule has 0 bridgehead atoms. The fourth-order valence-corrected chi connectivity index (χ4v) is 5.99. The zero-order valence-electron chi connectivity index (χ0n) is 17.5. The fourth-order valence-electron chi connectivity index (χ4n) is 5.35. The molecule has 2 aliphatic heterocycles. The van der Waals surface area contributed by atoms with Gasteiger partial charge in [-0.15, -0.1) is 11.3 Å². The summed E-state index contributed by atoms with van der Waals surface area (Å²) in [6, 6.07) is 0.439. The molecule has 28 heavy (non-hydrogen) atoms. The number of thiazole rings is 1. The van der Waals surface area contributed by atoms with Gasteiger partial charge in [-0.1, -0.05) is 13.8 Å². The molecule has 1 aromatic rings. The van der Waals surface area contributed by atoms with Gasteiger partial charge in [0.15, 0.2) is 0 Å². The van der Waals surface area contributed by atoms with E-state index in [1.54, 1.807) is 11.3 Å². The van der Waals surface area contributed by atoms with Crippen LogP contribution in [-0.4, -0.2) is 59.5 Å². The number of piperidine rings is 2. The molecule has 0 radical (unpaired) electrons. The first-order valence-electron chi connectivity index (χ1n) is 11.2. The molecule has 1 N–H and O–H groups in total. The van der Waals surface area contributed by atoms with Crippen molar-refractivity contribution >= 4 is 17.2 Å². The van der Waals surface area contributed by atoms with Crippen molar-refractivity contribution in [2.45, 2.75) is 65.0 Å². The third kappa shape index (κ3) is 4.77. The van der Waals surface area contributed by atoms with Crippen molar-refractivity contribution in [3.63, 3.8) is 0 Å². The third-order valence-corrected chi connectivity index (χ3v) is 7.75. The van der Waals surface area contributed by atoms with E-state index in [2.05, 4.69) is 39.3 Å². The van der Waals surface area contributed by atoms with Crippen LogP contribution in [0.2, 0.25) is 0 Å². The molecule has 1 saturated carbocycles. The predicted octanol–water partition coefficient (Wildman–Crippen LogP) is 3.37. The molecule has 1 aromatic heterocycles. The number of likely N-dealkylation sites (tertiary alicyclic amines) is 2. The number of aromatic nitrogens is 1. The zero-order chi connectivity index (χ0) is 19.6. The topological polar surface area (TPSA) is 48.5 Å². The minimum Gasteiger partial charge on any atom is -0.354 e. The largest absolute Gasteiger partial charge is 0.354 e. The molecule has 0 unspecified atom stereocenters. The Kier molecular flexibility index (Phi) is 6.38. The average Bonchev–Trinajstić information content (AvgIpc) is 3.40. The maximum atomic E-state index is 12.4. The van der Waals surface area contributed by atoms with Crippen molar-refractivity contribution in [3.05, 3.63) is 16.6 Å². The summed E-state index contributed by atoms with van der Waals surface area (Å²) in [6.07, 6.45) is 9.16. The van der Waals surface area contributed by atoms with E-state index >= 15 is 0 Å². The van der Waals surface area contributed by atoms with Crippen LogP contribution in [0, 0.1) is 17.3 Å². The Morgan fingerprint density at radius 2 is 2.07 bits per heavy atom. The molecule has 1 atom stereocenters. The number of nitrogens with one attached hydrogen (secondary N) is 1. The van der Waals surface area contributed by atoms with Gasteiger partial charge >= 0.3 is 0 Å². The molecule has 1 aliphatic carbocycles. The highest BCUT2D eigenvalue weighted by Crippen LogP contribution is 2.45. The highest BCUT2D eigenvalue weighted by Gasteiger charge is 2.46. The molecule has 156 valence electrons. The Morgan fingerprint density at radius 3 is 2.71 bits per heavy atom. The van der Waals surface area contributed by atoms with Crippen LogP contribution in [-0.2, 0) is 11.3 Å². The van der Waals surface area contributed by atoms with Gasteiger partial charge in [0.2, 0.25) is 5.91 Å². The Labute approximate surface area is 173 Å². The highest BCUT2D eigenvalue weighted by molar-refractivity contribution is 7.09. The minimum absolute atomic E-state index is 0.284. The van der Waals surface area contributed by atoms with Crippen LogP contribution < -0.4 is 5.32 Å². The summed E-state index contributed by atoms with van der Waals surface area (Å²) in [5.74, 6) is 1.31. The summed E-state index contributed by atoms with van der Waals surface area (Å²) in [7, 11) is 0. The molecule has 3 aliphatic rings. The van der Waals surface area contributed by atoms with E-state index in [0.717, 1.165) is 38.4 Å². The van der Waals surface area contributed by atoms with E-state index in [0.29, 0.717) is 17.4 Å². The van der Waals surface area contributed by atoms with Crippen molar-refractivity contribution < 1.29 is 4.79 Å². The van der Waals surface area contributed by atoms with Gasteiger partial charge in [0.1, 0.15) is 5.01 Å². The Morgan fingerprint density at radius 1 is 1.29 bits per heavy atom. The van der Waals surface area contributed by atoms with E-state index in [1.165, 1.54) is 50.3 Å². The van der Waals surface area contributed by atoms with E-state index in [1.807, 2.05) is 6.20 Å². The summed E-state index contributed by atoms with van der Waals surface area (Å²) in [6.45, 7) is 11.1. The van der Waals surface area contributed by atoms with Gasteiger partial charge in [0.05, 0.1) is 6.54 Å². The lowest BCUT2D eigenvalue weighted by Crippen LogP contribution is -2.60. The number of hydrogen-bond donors (Lipinski definition) is 1. The quantitative estimate of drug-likeness (QED) is 0.757. The predicted molar refractivity (Wildman–Crippen MR) is 114 cm³/mol. The number of carbonyl (C=O) groups excluding carboxylic acids is 1. The van der Waals surface area contributed by atoms with Gasteiger partial charge in [-0.05, 0) is 69.5 Å². The molecule has 3 heterocycles. The monoisotopic (exact) mass is 404 g/mol. The first kappa shape index (κ1) is 20.3. The van der Waals surface area contributed by atoms with Crippen LogP contribution in [0.1, 0.15) is 57.4 Å². The minimum atomic E-state index is 0.284. The van der Waals surface area contributed by atoms with Crippen LogP contribution in [0.15, 0.2) is 11.6 Å². The summed E-state index contributed by atoms with van der Waals surface area (Å²) in [5.41, 5.74) is 0.347. The molecule has 6 heteroatoms.